The van der Waals surface area contributed by atoms with Crippen LogP contribution in [0.2, 0.25) is 0 Å². The molecule has 1 saturated heterocycles. The number of rotatable bonds is 4. The normalized spacial score (nSPS) is 15.7. The van der Waals surface area contributed by atoms with Crippen LogP contribution >= 0.6 is 0 Å². The lowest BCUT2D eigenvalue weighted by atomic mass is 10.1. The standard InChI is InChI=1S/C21H17N3O2/c1-2-12-23-14-15(17-10-6-7-11-19(17)23)13-18-20(25)22-24(21(18)26)16-8-4-3-5-9-16/h2-11,13-14H,1,12H2,(H,22,25). The summed E-state index contributed by atoms with van der Waals surface area (Å²) in [4.78, 5) is 25.1. The highest BCUT2D eigenvalue weighted by atomic mass is 16.2. The molecule has 5 nitrogen and oxygen atoms in total. The zero-order valence-corrected chi connectivity index (χ0v) is 14.1. The Balaban J connectivity index is 1.77. The Morgan fingerprint density at radius 3 is 2.50 bits per heavy atom. The lowest BCUT2D eigenvalue weighted by molar-refractivity contribution is -0.117. The van der Waals surface area contributed by atoms with Gasteiger partial charge in [0.2, 0.25) is 0 Å². The van der Waals surface area contributed by atoms with Crippen LogP contribution in [-0.4, -0.2) is 16.4 Å². The number of nitrogens with zero attached hydrogens (tertiary/aromatic N) is 2. The van der Waals surface area contributed by atoms with E-state index in [4.69, 9.17) is 0 Å². The molecule has 3 aromatic rings. The second-order valence-electron chi connectivity index (χ2n) is 6.02. The van der Waals surface area contributed by atoms with Crippen molar-refractivity contribution < 1.29 is 9.59 Å². The van der Waals surface area contributed by atoms with E-state index >= 15 is 0 Å². The zero-order chi connectivity index (χ0) is 18.1. The fraction of sp³-hybridized carbons (Fsp3) is 0.0476. The van der Waals surface area contributed by atoms with Crippen molar-refractivity contribution in [2.24, 2.45) is 0 Å². The van der Waals surface area contributed by atoms with Gasteiger partial charge in [0.25, 0.3) is 11.8 Å². The molecule has 1 fully saturated rings. The maximum atomic E-state index is 12.7. The first-order chi connectivity index (χ1) is 12.7. The lowest BCUT2D eigenvalue weighted by Crippen LogP contribution is -2.35. The largest absolute Gasteiger partial charge is 0.343 e. The van der Waals surface area contributed by atoms with Gasteiger partial charge in [-0.15, -0.1) is 6.58 Å². The number of benzene rings is 2. The molecule has 1 aliphatic heterocycles. The molecule has 128 valence electrons. The molecule has 0 atom stereocenters. The summed E-state index contributed by atoms with van der Waals surface area (Å²) in [5.74, 6) is -0.763. The molecule has 0 unspecified atom stereocenters. The topological polar surface area (TPSA) is 54.3 Å². The van der Waals surface area contributed by atoms with Gasteiger partial charge < -0.3 is 4.57 Å². The molecule has 0 bridgehead atoms. The molecule has 0 saturated carbocycles. The number of hydrazine groups is 1. The van der Waals surface area contributed by atoms with Crippen molar-refractivity contribution in [1.29, 1.82) is 0 Å². The summed E-state index contributed by atoms with van der Waals surface area (Å²) in [6.07, 6.45) is 5.40. The number of fused-ring (bicyclic) bond motifs is 1. The van der Waals surface area contributed by atoms with Gasteiger partial charge >= 0.3 is 0 Å². The van der Waals surface area contributed by atoms with Crippen LogP contribution in [0, 0.1) is 0 Å². The van der Waals surface area contributed by atoms with Gasteiger partial charge in [-0.25, -0.2) is 5.01 Å². The van der Waals surface area contributed by atoms with Gasteiger partial charge in [0.1, 0.15) is 5.57 Å². The highest BCUT2D eigenvalue weighted by Crippen LogP contribution is 2.26. The van der Waals surface area contributed by atoms with Crippen LogP contribution in [0.3, 0.4) is 0 Å². The molecule has 4 rings (SSSR count). The van der Waals surface area contributed by atoms with Crippen molar-refractivity contribution >= 4 is 34.5 Å². The second-order valence-corrected chi connectivity index (χ2v) is 6.02. The summed E-state index contributed by atoms with van der Waals surface area (Å²) in [5.41, 5.74) is 5.23. The first-order valence-corrected chi connectivity index (χ1v) is 8.30. The number of anilines is 1. The summed E-state index contributed by atoms with van der Waals surface area (Å²) in [7, 11) is 0. The minimum Gasteiger partial charge on any atom is -0.343 e. The van der Waals surface area contributed by atoms with Crippen LogP contribution in [0.1, 0.15) is 5.56 Å². The molecule has 26 heavy (non-hydrogen) atoms. The van der Waals surface area contributed by atoms with Crippen molar-refractivity contribution in [1.82, 2.24) is 9.99 Å². The number of carbonyl (C=O) groups excluding carboxylic acids is 2. The molecule has 0 spiro atoms. The molecular formula is C21H17N3O2. The highest BCUT2D eigenvalue weighted by molar-refractivity contribution is 6.32. The van der Waals surface area contributed by atoms with E-state index in [-0.39, 0.29) is 11.5 Å². The third-order valence-corrected chi connectivity index (χ3v) is 4.35. The Morgan fingerprint density at radius 2 is 1.73 bits per heavy atom. The van der Waals surface area contributed by atoms with Crippen molar-refractivity contribution in [2.75, 3.05) is 5.01 Å². The van der Waals surface area contributed by atoms with Gasteiger partial charge in [0, 0.05) is 29.2 Å². The average molecular weight is 343 g/mol. The summed E-state index contributed by atoms with van der Waals surface area (Å²) >= 11 is 0. The zero-order valence-electron chi connectivity index (χ0n) is 14.1. The van der Waals surface area contributed by atoms with Crippen molar-refractivity contribution in [3.63, 3.8) is 0 Å². The fourth-order valence-corrected chi connectivity index (χ4v) is 3.15. The van der Waals surface area contributed by atoms with Crippen LogP contribution in [-0.2, 0) is 16.1 Å². The Kier molecular flexibility index (Phi) is 3.89. The Labute approximate surface area is 150 Å². The SMILES string of the molecule is C=CCn1cc(C=C2C(=O)NN(c3ccccc3)C2=O)c2ccccc21. The predicted molar refractivity (Wildman–Crippen MR) is 102 cm³/mol. The quantitative estimate of drug-likeness (QED) is 0.449. The number of nitrogens with one attached hydrogen (secondary N) is 1. The molecule has 0 radical (unpaired) electrons. The van der Waals surface area contributed by atoms with Crippen LogP contribution in [0.25, 0.3) is 17.0 Å². The van der Waals surface area contributed by atoms with Gasteiger partial charge in [0.15, 0.2) is 0 Å². The van der Waals surface area contributed by atoms with Crippen molar-refractivity contribution in [3.05, 3.63) is 84.6 Å². The van der Waals surface area contributed by atoms with Gasteiger partial charge in [-0.2, -0.15) is 0 Å². The summed E-state index contributed by atoms with van der Waals surface area (Å²) in [6, 6.07) is 16.9. The molecular weight excluding hydrogens is 326 g/mol. The number of para-hydroxylation sites is 2. The number of allylic oxidation sites excluding steroid dienone is 1. The monoisotopic (exact) mass is 343 g/mol. The summed E-state index contributed by atoms with van der Waals surface area (Å²) in [5, 5.41) is 2.26. The second kappa shape index (κ2) is 6.37. The van der Waals surface area contributed by atoms with E-state index < -0.39 is 5.91 Å². The number of hydrogen-bond acceptors (Lipinski definition) is 2. The molecule has 2 amide bonds. The van der Waals surface area contributed by atoms with Crippen LogP contribution in [0.5, 0.6) is 0 Å². The summed E-state index contributed by atoms with van der Waals surface area (Å²) in [6.45, 7) is 4.43. The number of amides is 2. The van der Waals surface area contributed by atoms with Gasteiger partial charge in [-0.1, -0.05) is 42.5 Å². The maximum Gasteiger partial charge on any atom is 0.282 e. The molecule has 1 N–H and O–H groups in total. The number of hydrogen-bond donors (Lipinski definition) is 1. The van der Waals surface area contributed by atoms with E-state index in [1.807, 2.05) is 59.3 Å². The lowest BCUT2D eigenvalue weighted by Gasteiger charge is -2.13. The fourth-order valence-electron chi connectivity index (χ4n) is 3.15. The first kappa shape index (κ1) is 15.9. The molecule has 1 aliphatic rings. The Hall–Kier alpha value is -3.60. The van der Waals surface area contributed by atoms with Crippen LogP contribution in [0.4, 0.5) is 5.69 Å². The van der Waals surface area contributed by atoms with Crippen LogP contribution < -0.4 is 10.4 Å². The Bertz CT molecular complexity index is 1050. The minimum absolute atomic E-state index is 0.121. The van der Waals surface area contributed by atoms with E-state index in [0.29, 0.717) is 12.2 Å². The Morgan fingerprint density at radius 1 is 1.00 bits per heavy atom. The van der Waals surface area contributed by atoms with Crippen molar-refractivity contribution in [3.8, 4) is 0 Å². The average Bonchev–Trinajstić information content (AvgIpc) is 3.16. The van der Waals surface area contributed by atoms with Gasteiger partial charge in [-0.05, 0) is 24.3 Å². The maximum absolute atomic E-state index is 12.7. The van der Waals surface area contributed by atoms with E-state index in [0.717, 1.165) is 16.5 Å². The molecule has 1 aromatic heterocycles. The molecule has 5 heteroatoms. The summed E-state index contributed by atoms with van der Waals surface area (Å²) < 4.78 is 2.04. The number of aromatic nitrogens is 1. The van der Waals surface area contributed by atoms with E-state index in [9.17, 15) is 9.59 Å². The number of carbonyl (C=O) groups is 2. The third-order valence-electron chi connectivity index (χ3n) is 4.35. The van der Waals surface area contributed by atoms with E-state index in [1.165, 1.54) is 5.01 Å². The van der Waals surface area contributed by atoms with E-state index in [1.54, 1.807) is 18.2 Å². The van der Waals surface area contributed by atoms with Crippen LogP contribution in [0.15, 0.2) is 79.0 Å². The predicted octanol–water partition coefficient (Wildman–Crippen LogP) is 3.29. The van der Waals surface area contributed by atoms with Gasteiger partial charge in [0.05, 0.1) is 5.69 Å². The smallest absolute Gasteiger partial charge is 0.282 e. The minimum atomic E-state index is -0.403. The van der Waals surface area contributed by atoms with Crippen molar-refractivity contribution in [2.45, 2.75) is 6.54 Å². The molecule has 2 aromatic carbocycles. The molecule has 0 aliphatic carbocycles. The first-order valence-electron chi connectivity index (χ1n) is 8.30. The van der Waals surface area contributed by atoms with Gasteiger partial charge in [-0.3, -0.25) is 15.0 Å². The third kappa shape index (κ3) is 2.59. The molecule has 2 heterocycles. The van der Waals surface area contributed by atoms with E-state index in [2.05, 4.69) is 12.0 Å². The highest BCUT2D eigenvalue weighted by Gasteiger charge is 2.34.